The Morgan fingerprint density at radius 3 is 2.33 bits per heavy atom. The molecule has 0 amide bonds. The van der Waals surface area contributed by atoms with Gasteiger partial charge in [0.05, 0.1) is 5.76 Å². The second kappa shape index (κ2) is 5.80. The van der Waals surface area contributed by atoms with E-state index in [0.717, 1.165) is 12.2 Å². The van der Waals surface area contributed by atoms with Gasteiger partial charge in [-0.1, -0.05) is 29.5 Å². The number of allylic oxidation sites excluding steroid dienone is 2. The number of halogens is 1. The molecule has 0 rings (SSSR count). The summed E-state index contributed by atoms with van der Waals surface area (Å²) >= 11 is 2.21. The summed E-state index contributed by atoms with van der Waals surface area (Å²) in [6.45, 7) is 8.70. The van der Waals surface area contributed by atoms with Crippen LogP contribution in [0.4, 0.5) is 0 Å². The van der Waals surface area contributed by atoms with E-state index in [4.69, 9.17) is 4.43 Å². The van der Waals surface area contributed by atoms with E-state index in [0.29, 0.717) is 0 Å². The Morgan fingerprint density at radius 2 is 2.00 bits per heavy atom. The third-order valence-corrected chi connectivity index (χ3v) is 2.26. The van der Waals surface area contributed by atoms with Crippen LogP contribution in [0.1, 0.15) is 13.3 Å². The van der Waals surface area contributed by atoms with Gasteiger partial charge < -0.3 is 4.43 Å². The van der Waals surface area contributed by atoms with Crippen molar-refractivity contribution in [3.8, 4) is 0 Å². The predicted octanol–water partition coefficient (Wildman–Crippen LogP) is 4.08. The minimum Gasteiger partial charge on any atom is -0.545 e. The first-order valence-electron chi connectivity index (χ1n) is 4.15. The fourth-order valence-electron chi connectivity index (χ4n) is 0.761. The van der Waals surface area contributed by atoms with Crippen LogP contribution < -0.4 is 0 Å². The van der Waals surface area contributed by atoms with Crippen molar-refractivity contribution >= 4 is 30.9 Å². The molecule has 0 aromatic carbocycles. The van der Waals surface area contributed by atoms with Gasteiger partial charge in [0.15, 0.2) is 0 Å². The third-order valence-electron chi connectivity index (χ3n) is 1.06. The normalized spacial score (nSPS) is 13.9. The van der Waals surface area contributed by atoms with Crippen molar-refractivity contribution in [3.05, 3.63) is 22.0 Å². The molecule has 0 aliphatic heterocycles. The lowest BCUT2D eigenvalue weighted by molar-refractivity contribution is 0.439. The lowest BCUT2D eigenvalue weighted by atomic mass is 10.4. The molecule has 0 spiro atoms. The molecule has 12 heavy (non-hydrogen) atoms. The zero-order valence-electron chi connectivity index (χ0n) is 8.23. The Morgan fingerprint density at radius 1 is 1.42 bits per heavy atom. The van der Waals surface area contributed by atoms with Crippen LogP contribution in [0.15, 0.2) is 22.0 Å². The Labute approximate surface area is 90.2 Å². The lowest BCUT2D eigenvalue weighted by Gasteiger charge is -2.19. The summed E-state index contributed by atoms with van der Waals surface area (Å²) in [5, 5.41) is 0. The number of hydrogen-bond donors (Lipinski definition) is 0. The molecule has 0 fully saturated rings. The van der Waals surface area contributed by atoms with Gasteiger partial charge in [-0.15, -0.1) is 0 Å². The molecule has 0 N–H and O–H groups in total. The second-order valence-electron chi connectivity index (χ2n) is 3.52. The largest absolute Gasteiger partial charge is 0.545 e. The van der Waals surface area contributed by atoms with Crippen molar-refractivity contribution in [1.29, 1.82) is 0 Å². The summed E-state index contributed by atoms with van der Waals surface area (Å²) < 4.78 is 7.81. The highest BCUT2D eigenvalue weighted by molar-refractivity contribution is 14.1. The molecular weight excluding hydrogens is 279 g/mol. The van der Waals surface area contributed by atoms with Crippen LogP contribution in [0.2, 0.25) is 19.6 Å². The topological polar surface area (TPSA) is 9.23 Å². The first-order chi connectivity index (χ1) is 5.49. The van der Waals surface area contributed by atoms with Crippen molar-refractivity contribution in [2.75, 3.05) is 0 Å². The summed E-state index contributed by atoms with van der Waals surface area (Å²) in [5.41, 5.74) is 0. The molecular formula is C9H17IOSi. The van der Waals surface area contributed by atoms with Gasteiger partial charge in [0.25, 0.3) is 0 Å². The first-order valence-corrected chi connectivity index (χ1v) is 8.81. The summed E-state index contributed by atoms with van der Waals surface area (Å²) in [5.74, 6) is 1.02. The first kappa shape index (κ1) is 12.2. The van der Waals surface area contributed by atoms with E-state index in [9.17, 15) is 0 Å². The van der Waals surface area contributed by atoms with Gasteiger partial charge in [0.1, 0.15) is 0 Å². The van der Waals surface area contributed by atoms with Gasteiger partial charge >= 0.3 is 0 Å². The Kier molecular flexibility index (Phi) is 5.91. The average molecular weight is 296 g/mol. The molecule has 0 bridgehead atoms. The van der Waals surface area contributed by atoms with E-state index in [1.54, 1.807) is 0 Å². The predicted molar refractivity (Wildman–Crippen MR) is 66.0 cm³/mol. The molecule has 0 aliphatic carbocycles. The van der Waals surface area contributed by atoms with E-state index < -0.39 is 8.32 Å². The summed E-state index contributed by atoms with van der Waals surface area (Å²) in [4.78, 5) is 0. The highest BCUT2D eigenvalue weighted by atomic mass is 127. The molecule has 0 atom stereocenters. The van der Waals surface area contributed by atoms with Crippen LogP contribution >= 0.6 is 22.6 Å². The Balaban J connectivity index is 4.25. The Hall–Kier alpha value is 0.227. The highest BCUT2D eigenvalue weighted by Crippen LogP contribution is 2.12. The van der Waals surface area contributed by atoms with Gasteiger partial charge in [-0.05, 0) is 42.3 Å². The molecule has 0 aliphatic rings. The van der Waals surface area contributed by atoms with Crippen molar-refractivity contribution < 1.29 is 4.43 Å². The van der Waals surface area contributed by atoms with Crippen molar-refractivity contribution in [1.82, 2.24) is 0 Å². The third kappa shape index (κ3) is 6.91. The van der Waals surface area contributed by atoms with E-state index in [1.165, 1.54) is 0 Å². The smallest absolute Gasteiger partial charge is 0.242 e. The van der Waals surface area contributed by atoms with Crippen molar-refractivity contribution in [3.63, 3.8) is 0 Å². The van der Waals surface area contributed by atoms with Crippen molar-refractivity contribution in [2.24, 2.45) is 0 Å². The fourth-order valence-corrected chi connectivity index (χ4v) is 1.97. The van der Waals surface area contributed by atoms with E-state index in [2.05, 4.69) is 55.2 Å². The maximum Gasteiger partial charge on any atom is 0.242 e. The van der Waals surface area contributed by atoms with E-state index >= 15 is 0 Å². The van der Waals surface area contributed by atoms with Crippen LogP contribution in [0, 0.1) is 0 Å². The van der Waals surface area contributed by atoms with Gasteiger partial charge in [0, 0.05) is 0 Å². The number of hydrogen-bond acceptors (Lipinski definition) is 1. The summed E-state index contributed by atoms with van der Waals surface area (Å²) in [6, 6.07) is 0. The molecule has 70 valence electrons. The van der Waals surface area contributed by atoms with E-state index in [-0.39, 0.29) is 0 Å². The minimum absolute atomic E-state index is 1.02. The maximum absolute atomic E-state index is 5.83. The van der Waals surface area contributed by atoms with Crippen LogP contribution in [-0.2, 0) is 4.43 Å². The van der Waals surface area contributed by atoms with Crippen LogP contribution in [-0.4, -0.2) is 8.32 Å². The minimum atomic E-state index is -1.42. The van der Waals surface area contributed by atoms with Gasteiger partial charge in [0.2, 0.25) is 8.32 Å². The lowest BCUT2D eigenvalue weighted by Crippen LogP contribution is -2.24. The molecule has 0 unspecified atom stereocenters. The maximum atomic E-state index is 5.83. The summed E-state index contributed by atoms with van der Waals surface area (Å²) in [6.07, 6.45) is 5.16. The molecule has 0 radical (unpaired) electrons. The summed E-state index contributed by atoms with van der Waals surface area (Å²) in [7, 11) is -1.42. The zero-order chi connectivity index (χ0) is 9.61. The molecule has 0 aromatic rings. The standard InChI is InChI=1S/C9H17IOSi/c1-5-6-9(7-8-10)11-12(2,3)4/h6-8H,5H2,1-4H3/b8-7+,9-6+. The molecule has 1 nitrogen and oxygen atoms in total. The molecule has 0 aromatic heterocycles. The molecule has 0 heterocycles. The van der Waals surface area contributed by atoms with Crippen molar-refractivity contribution in [2.45, 2.75) is 33.0 Å². The molecule has 0 saturated heterocycles. The van der Waals surface area contributed by atoms with E-state index in [1.807, 2.05) is 10.2 Å². The Bertz CT molecular complexity index is 179. The average Bonchev–Trinajstić information content (AvgIpc) is 1.84. The fraction of sp³-hybridized carbons (Fsp3) is 0.556. The zero-order valence-corrected chi connectivity index (χ0v) is 11.4. The number of rotatable bonds is 4. The van der Waals surface area contributed by atoms with Gasteiger partial charge in [-0.2, -0.15) is 0 Å². The highest BCUT2D eigenvalue weighted by Gasteiger charge is 2.15. The van der Waals surface area contributed by atoms with Gasteiger partial charge in [-0.25, -0.2) is 0 Å². The molecule has 0 saturated carbocycles. The van der Waals surface area contributed by atoms with Gasteiger partial charge in [-0.3, -0.25) is 0 Å². The van der Waals surface area contributed by atoms with Crippen LogP contribution in [0.25, 0.3) is 0 Å². The van der Waals surface area contributed by atoms with Crippen LogP contribution in [0.3, 0.4) is 0 Å². The second-order valence-corrected chi connectivity index (χ2v) is 8.67. The quantitative estimate of drug-likeness (QED) is 0.329. The van der Waals surface area contributed by atoms with Crippen LogP contribution in [0.5, 0.6) is 0 Å². The monoisotopic (exact) mass is 296 g/mol. The molecule has 3 heteroatoms. The SMILES string of the molecule is CC/C=C(\C=C\I)O[Si](C)(C)C.